The molecule has 0 amide bonds. The van der Waals surface area contributed by atoms with Crippen molar-refractivity contribution in [3.05, 3.63) is 96.7 Å². The van der Waals surface area contributed by atoms with Crippen molar-refractivity contribution in [2.75, 3.05) is 6.61 Å². The van der Waals surface area contributed by atoms with Gasteiger partial charge in [0.2, 0.25) is 0 Å². The molecule has 2 heterocycles. The highest BCUT2D eigenvalue weighted by molar-refractivity contribution is 7.07. The lowest BCUT2D eigenvalue weighted by atomic mass is 9.96. The first-order valence-electron chi connectivity index (χ1n) is 9.53. The van der Waals surface area contributed by atoms with Gasteiger partial charge in [-0.25, -0.2) is 9.79 Å². The van der Waals surface area contributed by atoms with E-state index in [-0.39, 0.29) is 17.9 Å². The number of rotatable bonds is 4. The molecule has 1 atom stereocenters. The van der Waals surface area contributed by atoms with Crippen LogP contribution in [0.5, 0.6) is 5.75 Å². The molecule has 7 heteroatoms. The lowest BCUT2D eigenvalue weighted by Gasteiger charge is -2.24. The van der Waals surface area contributed by atoms with Gasteiger partial charge in [-0.15, -0.1) is 0 Å². The maximum Gasteiger partial charge on any atom is 0.338 e. The third kappa shape index (κ3) is 3.59. The standard InChI is InChI=1S/C23H20N2O4S/c1-3-29-22(28)19-14(2)24-23-25(20(19)16-9-5-4-6-10-16)21(27)18(30-23)13-15-8-7-11-17(26)12-15/h4-13,20,26H,3H2,1-2H3. The van der Waals surface area contributed by atoms with Gasteiger partial charge < -0.3 is 9.84 Å². The fraction of sp³-hybridized carbons (Fsp3) is 0.174. The number of thiazole rings is 1. The van der Waals surface area contributed by atoms with E-state index in [2.05, 4.69) is 4.99 Å². The molecule has 0 saturated heterocycles. The Hall–Kier alpha value is -3.45. The third-order valence-corrected chi connectivity index (χ3v) is 5.78. The molecule has 4 rings (SSSR count). The van der Waals surface area contributed by atoms with Gasteiger partial charge in [-0.05, 0) is 43.2 Å². The van der Waals surface area contributed by atoms with Crippen molar-refractivity contribution in [1.29, 1.82) is 0 Å². The molecule has 3 aromatic rings. The third-order valence-electron chi connectivity index (χ3n) is 4.80. The molecule has 1 aromatic heterocycles. The van der Waals surface area contributed by atoms with Crippen LogP contribution in [-0.4, -0.2) is 22.2 Å². The van der Waals surface area contributed by atoms with E-state index in [1.807, 2.05) is 36.4 Å². The van der Waals surface area contributed by atoms with Crippen LogP contribution >= 0.6 is 11.3 Å². The molecule has 1 unspecified atom stereocenters. The number of benzene rings is 2. The summed E-state index contributed by atoms with van der Waals surface area (Å²) in [6.07, 6.45) is 1.72. The number of fused-ring (bicyclic) bond motifs is 1. The Morgan fingerprint density at radius 2 is 2.00 bits per heavy atom. The van der Waals surface area contributed by atoms with Gasteiger partial charge >= 0.3 is 5.97 Å². The van der Waals surface area contributed by atoms with Crippen molar-refractivity contribution in [3.63, 3.8) is 0 Å². The molecule has 6 nitrogen and oxygen atoms in total. The second-order valence-corrected chi connectivity index (χ2v) is 7.82. The summed E-state index contributed by atoms with van der Waals surface area (Å²) in [5, 5.41) is 9.72. The topological polar surface area (TPSA) is 80.9 Å². The van der Waals surface area contributed by atoms with Crippen LogP contribution in [0.1, 0.15) is 31.0 Å². The van der Waals surface area contributed by atoms with Crippen LogP contribution in [0.25, 0.3) is 6.08 Å². The number of esters is 1. The van der Waals surface area contributed by atoms with Crippen molar-refractivity contribution < 1.29 is 14.6 Å². The van der Waals surface area contributed by atoms with Gasteiger partial charge in [0.25, 0.3) is 5.56 Å². The van der Waals surface area contributed by atoms with E-state index < -0.39 is 12.0 Å². The summed E-state index contributed by atoms with van der Waals surface area (Å²) in [5.41, 5.74) is 2.16. The van der Waals surface area contributed by atoms with Crippen LogP contribution < -0.4 is 14.9 Å². The largest absolute Gasteiger partial charge is 0.508 e. The van der Waals surface area contributed by atoms with E-state index in [4.69, 9.17) is 4.74 Å². The maximum absolute atomic E-state index is 13.4. The normalized spacial score (nSPS) is 16.2. The Balaban J connectivity index is 1.96. The minimum absolute atomic E-state index is 0.124. The molecule has 0 aliphatic carbocycles. The number of phenolic OH excluding ortho intramolecular Hbond substituents is 1. The van der Waals surface area contributed by atoms with Crippen molar-refractivity contribution in [1.82, 2.24) is 4.57 Å². The molecule has 2 aromatic carbocycles. The number of ether oxygens (including phenoxy) is 1. The number of carbonyl (C=O) groups is 1. The highest BCUT2D eigenvalue weighted by atomic mass is 32.1. The Morgan fingerprint density at radius 1 is 1.23 bits per heavy atom. The molecular weight excluding hydrogens is 400 g/mol. The average molecular weight is 420 g/mol. The Labute approximate surface area is 176 Å². The molecule has 0 spiro atoms. The van der Waals surface area contributed by atoms with Gasteiger partial charge in [-0.1, -0.05) is 53.8 Å². The summed E-state index contributed by atoms with van der Waals surface area (Å²) in [5.74, 6) is -0.353. The number of carbonyl (C=O) groups excluding carboxylic acids is 1. The first-order valence-corrected chi connectivity index (χ1v) is 10.3. The SMILES string of the molecule is CCOC(=O)C1=C(C)N=c2sc(=Cc3cccc(O)c3)c(=O)n2C1c1ccccc1. The molecule has 30 heavy (non-hydrogen) atoms. The van der Waals surface area contributed by atoms with E-state index in [1.165, 1.54) is 11.3 Å². The quantitative estimate of drug-likeness (QED) is 0.658. The predicted molar refractivity (Wildman–Crippen MR) is 115 cm³/mol. The molecule has 0 saturated carbocycles. The number of aromatic nitrogens is 1. The summed E-state index contributed by atoms with van der Waals surface area (Å²) in [6, 6.07) is 15.5. The minimum atomic E-state index is -0.618. The van der Waals surface area contributed by atoms with Crippen LogP contribution in [0.3, 0.4) is 0 Å². The second kappa shape index (κ2) is 8.12. The van der Waals surface area contributed by atoms with Gasteiger partial charge in [-0.3, -0.25) is 9.36 Å². The molecule has 152 valence electrons. The molecule has 0 fully saturated rings. The maximum atomic E-state index is 13.4. The van der Waals surface area contributed by atoms with Gasteiger partial charge in [-0.2, -0.15) is 0 Å². The molecule has 0 bridgehead atoms. The zero-order valence-electron chi connectivity index (χ0n) is 16.5. The van der Waals surface area contributed by atoms with Crippen LogP contribution in [0.15, 0.2) is 75.7 Å². The van der Waals surface area contributed by atoms with Crippen molar-refractivity contribution in [3.8, 4) is 5.75 Å². The van der Waals surface area contributed by atoms with Crippen LogP contribution in [0.2, 0.25) is 0 Å². The van der Waals surface area contributed by atoms with Gasteiger partial charge in [0.05, 0.1) is 28.5 Å². The van der Waals surface area contributed by atoms with Crippen molar-refractivity contribution >= 4 is 23.4 Å². The van der Waals surface area contributed by atoms with E-state index in [0.29, 0.717) is 26.2 Å². The Morgan fingerprint density at radius 3 is 2.70 bits per heavy atom. The van der Waals surface area contributed by atoms with E-state index in [9.17, 15) is 14.7 Å². The summed E-state index contributed by atoms with van der Waals surface area (Å²) < 4.78 is 7.29. The fourth-order valence-electron chi connectivity index (χ4n) is 3.51. The zero-order valence-corrected chi connectivity index (χ0v) is 17.3. The number of aromatic hydroxyl groups is 1. The number of nitrogens with zero attached hydrogens (tertiary/aromatic N) is 2. The minimum Gasteiger partial charge on any atom is -0.508 e. The second-order valence-electron chi connectivity index (χ2n) is 6.81. The first-order chi connectivity index (χ1) is 14.5. The van der Waals surface area contributed by atoms with Crippen LogP contribution in [0, 0.1) is 0 Å². The van der Waals surface area contributed by atoms with Crippen molar-refractivity contribution in [2.45, 2.75) is 19.9 Å². The van der Waals surface area contributed by atoms with Crippen LogP contribution in [-0.2, 0) is 9.53 Å². The number of phenols is 1. The molecule has 1 aliphatic rings. The summed E-state index contributed by atoms with van der Waals surface area (Å²) in [6.45, 7) is 3.74. The zero-order chi connectivity index (χ0) is 21.3. The predicted octanol–water partition coefficient (Wildman–Crippen LogP) is 2.50. The number of hydrogen-bond acceptors (Lipinski definition) is 6. The van der Waals surface area contributed by atoms with Gasteiger partial charge in [0.1, 0.15) is 5.75 Å². The highest BCUT2D eigenvalue weighted by Crippen LogP contribution is 2.30. The average Bonchev–Trinajstić information content (AvgIpc) is 3.02. The van der Waals surface area contributed by atoms with E-state index in [0.717, 1.165) is 5.56 Å². The smallest absolute Gasteiger partial charge is 0.338 e. The van der Waals surface area contributed by atoms with Gasteiger partial charge in [0.15, 0.2) is 4.80 Å². The fourth-order valence-corrected chi connectivity index (χ4v) is 4.55. The molecule has 1 N–H and O–H groups in total. The molecule has 1 aliphatic heterocycles. The molecule has 0 radical (unpaired) electrons. The lowest BCUT2D eigenvalue weighted by Crippen LogP contribution is -2.39. The first kappa shape index (κ1) is 19.8. The van der Waals surface area contributed by atoms with Gasteiger partial charge in [0, 0.05) is 0 Å². The summed E-state index contributed by atoms with van der Waals surface area (Å²) in [7, 11) is 0. The van der Waals surface area contributed by atoms with E-state index in [1.54, 1.807) is 42.7 Å². The van der Waals surface area contributed by atoms with E-state index >= 15 is 0 Å². The van der Waals surface area contributed by atoms with Crippen LogP contribution in [0.4, 0.5) is 0 Å². The summed E-state index contributed by atoms with van der Waals surface area (Å²) in [4.78, 5) is 31.2. The Kier molecular flexibility index (Phi) is 5.37. The highest BCUT2D eigenvalue weighted by Gasteiger charge is 2.33. The number of hydrogen-bond donors (Lipinski definition) is 1. The summed E-state index contributed by atoms with van der Waals surface area (Å²) >= 11 is 1.25. The lowest BCUT2D eigenvalue weighted by molar-refractivity contribution is -0.139. The monoisotopic (exact) mass is 420 g/mol. The Bertz CT molecular complexity index is 1320. The van der Waals surface area contributed by atoms with Crippen molar-refractivity contribution in [2.24, 2.45) is 4.99 Å². The number of allylic oxidation sites excluding steroid dienone is 1. The molecular formula is C23H20N2O4S.